The van der Waals surface area contributed by atoms with Crippen LogP contribution in [0.3, 0.4) is 0 Å². The molecule has 0 radical (unpaired) electrons. The molecule has 0 saturated carbocycles. The Balaban J connectivity index is 1.53. The topological polar surface area (TPSA) is 68.5 Å². The van der Waals surface area contributed by atoms with Crippen molar-refractivity contribution < 1.29 is 14.6 Å². The molecular weight excluding hydrogens is 486 g/mol. The third-order valence-corrected chi connectivity index (χ3v) is 7.42. The molecule has 2 N–H and O–H groups in total. The quantitative estimate of drug-likeness (QED) is 0.176. The Labute approximate surface area is 231 Å². The fourth-order valence-corrected chi connectivity index (χ4v) is 5.45. The third kappa shape index (κ3) is 6.25. The summed E-state index contributed by atoms with van der Waals surface area (Å²) in [7, 11) is 0. The lowest BCUT2D eigenvalue weighted by molar-refractivity contribution is -0.0366. The number of aliphatic hydroxyl groups excluding tert-OH is 1. The highest BCUT2D eigenvalue weighted by molar-refractivity contribution is 6.00. The van der Waals surface area contributed by atoms with Crippen molar-refractivity contribution in [3.63, 3.8) is 0 Å². The second-order valence-corrected chi connectivity index (χ2v) is 10.1. The maximum atomic E-state index is 8.93. The van der Waals surface area contributed by atoms with Crippen LogP contribution < -0.4 is 10.1 Å². The first kappa shape index (κ1) is 27.1. The summed E-state index contributed by atoms with van der Waals surface area (Å²) in [5.74, 6) is 0.835. The minimum atomic E-state index is 0.0154. The smallest absolute Gasteiger partial charge is 0.150 e. The van der Waals surface area contributed by atoms with Crippen LogP contribution in [0.25, 0.3) is 22.0 Å². The van der Waals surface area contributed by atoms with Crippen molar-refractivity contribution in [2.24, 2.45) is 0 Å². The number of aliphatic hydroxyl groups is 1. The van der Waals surface area contributed by atoms with Gasteiger partial charge in [-0.15, -0.1) is 0 Å². The maximum absolute atomic E-state index is 8.93. The van der Waals surface area contributed by atoms with Crippen LogP contribution in [0.1, 0.15) is 61.1 Å². The van der Waals surface area contributed by atoms with Crippen molar-refractivity contribution in [3.05, 3.63) is 95.2 Å². The van der Waals surface area contributed by atoms with Crippen LogP contribution in [0.5, 0.6) is 5.75 Å². The zero-order chi connectivity index (χ0) is 27.0. The number of benzene rings is 3. The Bertz CT molecular complexity index is 1400. The van der Waals surface area contributed by atoms with E-state index in [4.69, 9.17) is 19.7 Å². The molecule has 1 aliphatic heterocycles. The molecule has 2 heterocycles. The van der Waals surface area contributed by atoms with Gasteiger partial charge in [-0.3, -0.25) is 0 Å². The summed E-state index contributed by atoms with van der Waals surface area (Å²) in [6, 6.07) is 23.7. The Morgan fingerprint density at radius 1 is 1.05 bits per heavy atom. The van der Waals surface area contributed by atoms with Crippen LogP contribution in [0.2, 0.25) is 0 Å². The van der Waals surface area contributed by atoms with Gasteiger partial charge in [-0.05, 0) is 90.3 Å². The van der Waals surface area contributed by atoms with E-state index in [1.165, 1.54) is 34.3 Å². The summed E-state index contributed by atoms with van der Waals surface area (Å²) in [6.45, 7) is 7.16. The number of aryl methyl sites for hydroxylation is 1. The molecule has 3 aromatic carbocycles. The summed E-state index contributed by atoms with van der Waals surface area (Å²) in [5, 5.41) is 17.9. The van der Waals surface area contributed by atoms with Crippen molar-refractivity contribution in [2.75, 3.05) is 32.9 Å². The SMILES string of the molecule is CCC(=C(c1ccc(OCCNCCO)cc1)c1ccc2c(cnn2C2CCCCO2)c1)c1ccccc1C. The van der Waals surface area contributed by atoms with Crippen LogP contribution in [0.15, 0.2) is 72.9 Å². The molecule has 1 aromatic heterocycles. The maximum Gasteiger partial charge on any atom is 0.150 e. The van der Waals surface area contributed by atoms with Gasteiger partial charge in [0, 0.05) is 25.1 Å². The van der Waals surface area contributed by atoms with Crippen molar-refractivity contribution in [3.8, 4) is 5.75 Å². The predicted octanol–water partition coefficient (Wildman–Crippen LogP) is 6.37. The number of nitrogens with one attached hydrogen (secondary N) is 1. The highest BCUT2D eigenvalue weighted by Gasteiger charge is 2.20. The molecule has 39 heavy (non-hydrogen) atoms. The van der Waals surface area contributed by atoms with Gasteiger partial charge in [-0.25, -0.2) is 4.68 Å². The first-order chi connectivity index (χ1) is 19.2. The zero-order valence-electron chi connectivity index (χ0n) is 23.0. The van der Waals surface area contributed by atoms with Gasteiger partial charge in [0.1, 0.15) is 12.4 Å². The van der Waals surface area contributed by atoms with Gasteiger partial charge < -0.3 is 19.9 Å². The predicted molar refractivity (Wildman–Crippen MR) is 158 cm³/mol. The average Bonchev–Trinajstić information content (AvgIpc) is 3.41. The normalized spacial score (nSPS) is 16.3. The second kappa shape index (κ2) is 13.1. The summed E-state index contributed by atoms with van der Waals surface area (Å²) in [5.41, 5.74) is 8.53. The minimum Gasteiger partial charge on any atom is -0.492 e. The zero-order valence-corrected chi connectivity index (χ0v) is 23.0. The summed E-state index contributed by atoms with van der Waals surface area (Å²) in [6.07, 6.45) is 6.19. The molecular formula is C33H39N3O3. The van der Waals surface area contributed by atoms with Gasteiger partial charge in [0.05, 0.1) is 18.3 Å². The number of rotatable bonds is 11. The monoisotopic (exact) mass is 525 g/mol. The van der Waals surface area contributed by atoms with Crippen LogP contribution in [0, 0.1) is 6.92 Å². The average molecular weight is 526 g/mol. The molecule has 204 valence electrons. The fraction of sp³-hybridized carbons (Fsp3) is 0.364. The first-order valence-corrected chi connectivity index (χ1v) is 14.1. The minimum absolute atomic E-state index is 0.0154. The first-order valence-electron chi connectivity index (χ1n) is 14.1. The van der Waals surface area contributed by atoms with Gasteiger partial charge >= 0.3 is 0 Å². The molecule has 5 rings (SSSR count). The van der Waals surface area contributed by atoms with E-state index in [2.05, 4.69) is 73.8 Å². The highest BCUT2D eigenvalue weighted by Crippen LogP contribution is 2.37. The number of hydrogen-bond donors (Lipinski definition) is 2. The number of aromatic nitrogens is 2. The molecule has 1 fully saturated rings. The number of allylic oxidation sites excluding steroid dienone is 1. The molecule has 0 spiro atoms. The Kier molecular flexibility index (Phi) is 9.09. The van der Waals surface area contributed by atoms with Gasteiger partial charge in [0.15, 0.2) is 6.23 Å². The van der Waals surface area contributed by atoms with Crippen molar-refractivity contribution in [1.29, 1.82) is 0 Å². The summed E-state index contributed by atoms with van der Waals surface area (Å²) in [4.78, 5) is 0. The molecule has 0 aliphatic carbocycles. The molecule has 4 aromatic rings. The Hall–Kier alpha value is -3.45. The number of hydrogen-bond acceptors (Lipinski definition) is 5. The van der Waals surface area contributed by atoms with Crippen LogP contribution in [-0.2, 0) is 4.74 Å². The van der Waals surface area contributed by atoms with Crippen LogP contribution >= 0.6 is 0 Å². The third-order valence-electron chi connectivity index (χ3n) is 7.42. The van der Waals surface area contributed by atoms with Crippen LogP contribution in [0.4, 0.5) is 0 Å². The number of fused-ring (bicyclic) bond motifs is 1. The van der Waals surface area contributed by atoms with E-state index < -0.39 is 0 Å². The Morgan fingerprint density at radius 2 is 1.87 bits per heavy atom. The standard InChI is InChI=1S/C33H39N3O3/c1-3-29(30-9-5-4-8-24(30)2)33(25-11-14-28(15-12-25)38-21-18-34-17-19-37)26-13-16-31-27(22-26)23-35-36(31)32-10-6-7-20-39-32/h4-5,8-9,11-16,22-23,32,34,37H,3,6-7,10,17-21H2,1-2H3. The second-order valence-electron chi connectivity index (χ2n) is 10.1. The summed E-state index contributed by atoms with van der Waals surface area (Å²) < 4.78 is 14.0. The van der Waals surface area contributed by atoms with E-state index in [1.54, 1.807) is 0 Å². The van der Waals surface area contributed by atoms with Crippen molar-refractivity contribution >= 4 is 22.0 Å². The van der Waals surface area contributed by atoms with E-state index in [0.29, 0.717) is 19.7 Å². The van der Waals surface area contributed by atoms with Gasteiger partial charge in [0.25, 0.3) is 0 Å². The Morgan fingerprint density at radius 3 is 2.62 bits per heavy atom. The molecule has 0 bridgehead atoms. The molecule has 6 heteroatoms. The van der Waals surface area contributed by atoms with E-state index in [0.717, 1.165) is 48.1 Å². The molecule has 1 saturated heterocycles. The van der Waals surface area contributed by atoms with E-state index in [1.807, 2.05) is 23.0 Å². The van der Waals surface area contributed by atoms with Crippen LogP contribution in [-0.4, -0.2) is 47.8 Å². The lowest BCUT2D eigenvalue weighted by Gasteiger charge is -2.23. The molecule has 1 unspecified atom stereocenters. The van der Waals surface area contributed by atoms with E-state index in [9.17, 15) is 0 Å². The van der Waals surface area contributed by atoms with E-state index in [-0.39, 0.29) is 12.8 Å². The van der Waals surface area contributed by atoms with E-state index >= 15 is 0 Å². The molecule has 0 amide bonds. The molecule has 1 aliphatic rings. The fourth-order valence-electron chi connectivity index (χ4n) is 5.45. The number of ether oxygens (including phenoxy) is 2. The highest BCUT2D eigenvalue weighted by atomic mass is 16.5. The van der Waals surface area contributed by atoms with Crippen molar-refractivity contribution in [2.45, 2.75) is 45.8 Å². The largest absolute Gasteiger partial charge is 0.492 e. The molecule has 6 nitrogen and oxygen atoms in total. The van der Waals surface area contributed by atoms with Gasteiger partial charge in [-0.1, -0.05) is 49.4 Å². The van der Waals surface area contributed by atoms with Gasteiger partial charge in [-0.2, -0.15) is 5.10 Å². The lowest BCUT2D eigenvalue weighted by atomic mass is 9.86. The number of nitrogens with zero attached hydrogens (tertiary/aromatic N) is 2. The summed E-state index contributed by atoms with van der Waals surface area (Å²) >= 11 is 0. The lowest BCUT2D eigenvalue weighted by Crippen LogP contribution is -2.23. The van der Waals surface area contributed by atoms with Crippen molar-refractivity contribution in [1.82, 2.24) is 15.1 Å². The molecule has 1 atom stereocenters. The van der Waals surface area contributed by atoms with Gasteiger partial charge in [0.2, 0.25) is 0 Å².